The Morgan fingerprint density at radius 1 is 1.05 bits per heavy atom. The van der Waals surface area contributed by atoms with Gasteiger partial charge in [-0.05, 0) is 73.9 Å². The molecule has 39 heavy (non-hydrogen) atoms. The number of aliphatic hydroxyl groups excluding tert-OH is 1. The molecule has 1 aliphatic rings. The summed E-state index contributed by atoms with van der Waals surface area (Å²) < 4.78 is 48.3. The quantitative estimate of drug-likeness (QED) is 0.205. The zero-order valence-corrected chi connectivity index (χ0v) is 22.7. The van der Waals surface area contributed by atoms with Crippen LogP contribution < -0.4 is 14.4 Å². The van der Waals surface area contributed by atoms with E-state index in [0.29, 0.717) is 23.4 Å². The van der Waals surface area contributed by atoms with Crippen molar-refractivity contribution < 1.29 is 44.5 Å². The average molecular weight is 585 g/mol. The Morgan fingerprint density at radius 3 is 2.23 bits per heavy atom. The maximum Gasteiger partial charge on any atom is 0.573 e. The number of benzene rings is 3. The van der Waals surface area contributed by atoms with Gasteiger partial charge in [0.15, 0.2) is 0 Å². The topological polar surface area (TPSA) is 89.6 Å². The Morgan fingerprint density at radius 2 is 1.69 bits per heavy atom. The molecule has 1 radical (unpaired) electrons. The Kier molecular flexibility index (Phi) is 10.8. The first-order valence-electron chi connectivity index (χ1n) is 11.9. The number of alkyl halides is 3. The molecule has 0 saturated heterocycles. The third-order valence-electron chi connectivity index (χ3n) is 6.29. The number of fused-ring (bicyclic) bond motifs is 1. The van der Waals surface area contributed by atoms with Crippen LogP contribution in [0.1, 0.15) is 30.5 Å². The second-order valence-electron chi connectivity index (χ2n) is 8.72. The van der Waals surface area contributed by atoms with E-state index in [0.717, 1.165) is 16.9 Å². The molecule has 0 aromatic heterocycles. The number of aliphatic hydroxyl groups is 1. The fraction of sp³-hybridized carbons (Fsp3) is 0.241. The number of ether oxygens (including phenoxy) is 2. The Bertz CT molecular complexity index is 1320. The molecule has 3 aromatic carbocycles. The number of para-hydroxylation sites is 1. The summed E-state index contributed by atoms with van der Waals surface area (Å²) in [5.74, 6) is 0.0763. The maximum absolute atomic E-state index is 12.9. The van der Waals surface area contributed by atoms with Crippen LogP contribution in [-0.4, -0.2) is 37.2 Å². The van der Waals surface area contributed by atoms with Crippen molar-refractivity contribution in [3.8, 4) is 11.5 Å². The molecule has 1 heterocycles. The first-order valence-corrected chi connectivity index (χ1v) is 11.9. The zero-order valence-electron chi connectivity index (χ0n) is 21.7. The normalized spacial score (nSPS) is 16.9. The van der Waals surface area contributed by atoms with Crippen LogP contribution in [0.2, 0.25) is 0 Å². The number of nitrogens with one attached hydrogen (secondary N) is 2. The summed E-state index contributed by atoms with van der Waals surface area (Å²) in [4.78, 5) is 2.08. The molecule has 0 amide bonds. The van der Waals surface area contributed by atoms with E-state index in [1.165, 1.54) is 18.3 Å². The van der Waals surface area contributed by atoms with Gasteiger partial charge in [0, 0.05) is 51.9 Å². The number of hydrogen-bond acceptors (Lipinski definition) is 5. The Balaban J connectivity index is 0.000000453. The smallest absolute Gasteiger partial charge is 0.497 e. The molecule has 10 heteroatoms. The van der Waals surface area contributed by atoms with E-state index in [1.54, 1.807) is 49.6 Å². The van der Waals surface area contributed by atoms with Crippen molar-refractivity contribution in [2.24, 2.45) is 0 Å². The van der Waals surface area contributed by atoms with E-state index in [9.17, 15) is 13.2 Å². The minimum atomic E-state index is -4.77. The number of halogens is 3. The molecular formula is C29H30CoF3N3O3. The Hall–Kier alpha value is -3.76. The largest absolute Gasteiger partial charge is 0.573 e. The van der Waals surface area contributed by atoms with E-state index >= 15 is 0 Å². The number of allylic oxidation sites excluding steroid dienone is 2. The minimum absolute atomic E-state index is 0. The molecular weight excluding hydrogens is 554 g/mol. The van der Waals surface area contributed by atoms with Crippen LogP contribution in [0.3, 0.4) is 0 Å². The molecule has 0 bridgehead atoms. The number of anilines is 1. The van der Waals surface area contributed by atoms with Crippen LogP contribution in [-0.2, 0) is 28.6 Å². The molecule has 1 atom stereocenters. The monoisotopic (exact) mass is 584 g/mol. The van der Waals surface area contributed by atoms with Gasteiger partial charge in [0.2, 0.25) is 5.90 Å². The van der Waals surface area contributed by atoms with Gasteiger partial charge in [-0.1, -0.05) is 36.4 Å². The van der Waals surface area contributed by atoms with Gasteiger partial charge >= 0.3 is 6.36 Å². The second-order valence-corrected chi connectivity index (χ2v) is 8.72. The van der Waals surface area contributed by atoms with Gasteiger partial charge in [-0.25, -0.2) is 0 Å². The molecule has 0 fully saturated rings. The van der Waals surface area contributed by atoms with Crippen LogP contribution in [0.15, 0.2) is 84.6 Å². The van der Waals surface area contributed by atoms with Crippen molar-refractivity contribution in [3.63, 3.8) is 0 Å². The molecule has 1 unspecified atom stereocenters. The molecule has 0 spiro atoms. The summed E-state index contributed by atoms with van der Waals surface area (Å²) >= 11 is 0. The van der Waals surface area contributed by atoms with Crippen LogP contribution in [0, 0.1) is 10.8 Å². The van der Waals surface area contributed by atoms with Crippen LogP contribution in [0.4, 0.5) is 18.9 Å². The van der Waals surface area contributed by atoms with Gasteiger partial charge in [0.1, 0.15) is 11.5 Å². The van der Waals surface area contributed by atoms with Gasteiger partial charge < -0.3 is 24.9 Å². The van der Waals surface area contributed by atoms with Gasteiger partial charge in [-0.2, -0.15) is 0 Å². The van der Waals surface area contributed by atoms with Crippen molar-refractivity contribution in [3.05, 3.63) is 101 Å². The van der Waals surface area contributed by atoms with Crippen molar-refractivity contribution in [1.82, 2.24) is 0 Å². The number of likely N-dealkylation sites (N-methyl/N-ethyl adjacent to an activating group) is 1. The summed E-state index contributed by atoms with van der Waals surface area (Å²) in [5, 5.41) is 23.0. The minimum Gasteiger partial charge on any atom is -0.497 e. The standard InChI is InChI=1S/C22H23F3N2O2.C7H7NO.Co/c1-4-27-18-10-9-16(28-3)13-17(18)21(2,20(27)11-12-26)14-15-7-5-6-8-19(15)29-22(23,24)25;8-7(9)6-4-2-1-3-5-6;/h5-13,26H,4,14H2,1-3H3;1-5H,(H2,8,9);/b20-11-,26-12?;;. The molecule has 0 saturated carbocycles. The van der Waals surface area contributed by atoms with Crippen molar-refractivity contribution in [1.29, 1.82) is 10.8 Å². The SMILES string of the molecule is CCN1/C(=C\C=N)C(C)(Cc2ccccc2OC(F)(F)F)c2cc(OC)ccc21.N=C(O)c1ccccc1.[Co]. The third-order valence-corrected chi connectivity index (χ3v) is 6.29. The fourth-order valence-electron chi connectivity index (χ4n) is 4.62. The van der Waals surface area contributed by atoms with Crippen molar-refractivity contribution in [2.45, 2.75) is 32.0 Å². The summed E-state index contributed by atoms with van der Waals surface area (Å²) in [6, 6.07) is 20.7. The number of methoxy groups -OCH3 is 1. The number of rotatable bonds is 7. The van der Waals surface area contributed by atoms with Gasteiger partial charge in [-0.15, -0.1) is 13.2 Å². The third kappa shape index (κ3) is 7.42. The summed E-state index contributed by atoms with van der Waals surface area (Å²) in [5.41, 5.74) is 3.07. The second kappa shape index (κ2) is 13.3. The summed E-state index contributed by atoms with van der Waals surface area (Å²) in [6.45, 7) is 4.63. The predicted molar refractivity (Wildman–Crippen MR) is 143 cm³/mol. The molecule has 3 N–H and O–H groups in total. The number of nitrogens with zero attached hydrogens (tertiary/aromatic N) is 1. The predicted octanol–water partition coefficient (Wildman–Crippen LogP) is 7.04. The molecule has 0 aliphatic carbocycles. The fourth-order valence-corrected chi connectivity index (χ4v) is 4.62. The van der Waals surface area contributed by atoms with E-state index in [4.69, 9.17) is 20.7 Å². The van der Waals surface area contributed by atoms with Crippen LogP contribution in [0.5, 0.6) is 11.5 Å². The van der Waals surface area contributed by atoms with E-state index in [1.807, 2.05) is 38.1 Å². The first-order chi connectivity index (χ1) is 18.0. The summed E-state index contributed by atoms with van der Waals surface area (Å²) in [7, 11) is 1.58. The summed E-state index contributed by atoms with van der Waals surface area (Å²) in [6.07, 6.45) is -1.59. The van der Waals surface area contributed by atoms with E-state index < -0.39 is 11.8 Å². The molecule has 4 rings (SSSR count). The number of hydrogen-bond donors (Lipinski definition) is 3. The zero-order chi connectivity index (χ0) is 27.9. The molecule has 1 aliphatic heterocycles. The van der Waals surface area contributed by atoms with Gasteiger partial charge in [0.05, 0.1) is 7.11 Å². The van der Waals surface area contributed by atoms with Crippen molar-refractivity contribution >= 4 is 17.8 Å². The Labute approximate surface area is 236 Å². The van der Waals surface area contributed by atoms with E-state index in [2.05, 4.69) is 9.64 Å². The average Bonchev–Trinajstić information content (AvgIpc) is 3.12. The van der Waals surface area contributed by atoms with Crippen LogP contribution >= 0.6 is 0 Å². The van der Waals surface area contributed by atoms with Gasteiger partial charge in [0.25, 0.3) is 0 Å². The molecule has 209 valence electrons. The van der Waals surface area contributed by atoms with E-state index in [-0.39, 0.29) is 34.8 Å². The van der Waals surface area contributed by atoms with Crippen molar-refractivity contribution in [2.75, 3.05) is 18.6 Å². The van der Waals surface area contributed by atoms with Gasteiger partial charge in [-0.3, -0.25) is 5.41 Å². The maximum atomic E-state index is 12.9. The molecule has 6 nitrogen and oxygen atoms in total. The van der Waals surface area contributed by atoms with Crippen LogP contribution in [0.25, 0.3) is 0 Å². The molecule has 3 aromatic rings. The first kappa shape index (κ1) is 31.5.